The lowest BCUT2D eigenvalue weighted by Gasteiger charge is -2.35. The van der Waals surface area contributed by atoms with E-state index in [9.17, 15) is 9.59 Å². The smallest absolute Gasteiger partial charge is 0.361 e. The number of hydrogen-bond acceptors (Lipinski definition) is 6. The molecule has 2 heterocycles. The Bertz CT molecular complexity index is 780. The summed E-state index contributed by atoms with van der Waals surface area (Å²) < 4.78 is 10.8. The highest BCUT2D eigenvalue weighted by molar-refractivity contribution is 5.90. The monoisotopic (exact) mass is 358 g/mol. The van der Waals surface area contributed by atoms with Gasteiger partial charge >= 0.3 is 5.97 Å². The summed E-state index contributed by atoms with van der Waals surface area (Å²) >= 11 is 0. The van der Waals surface area contributed by atoms with Gasteiger partial charge in [-0.3, -0.25) is 4.79 Å². The number of aromatic nitrogens is 3. The average molecular weight is 358 g/mol. The highest BCUT2D eigenvalue weighted by Gasteiger charge is 2.27. The second-order valence-corrected chi connectivity index (χ2v) is 6.39. The molecule has 0 aliphatic carbocycles. The average Bonchev–Trinajstić information content (AvgIpc) is 3.01. The summed E-state index contributed by atoms with van der Waals surface area (Å²) in [6, 6.07) is 9.26. The predicted molar refractivity (Wildman–Crippen MR) is 93.0 cm³/mol. The van der Waals surface area contributed by atoms with Gasteiger partial charge in [-0.05, 0) is 32.9 Å². The molecule has 0 N–H and O–H groups in total. The van der Waals surface area contributed by atoms with E-state index in [1.807, 2.05) is 44.2 Å². The van der Waals surface area contributed by atoms with Gasteiger partial charge in [-0.1, -0.05) is 18.2 Å². The summed E-state index contributed by atoms with van der Waals surface area (Å²) in [5.41, 5.74) is 1.28. The lowest BCUT2D eigenvalue weighted by Crippen LogP contribution is -2.49. The third kappa shape index (κ3) is 4.08. The maximum Gasteiger partial charge on any atom is 0.361 e. The summed E-state index contributed by atoms with van der Waals surface area (Å²) in [4.78, 5) is 27.6. The van der Waals surface area contributed by atoms with E-state index >= 15 is 0 Å². The van der Waals surface area contributed by atoms with Crippen LogP contribution in [0.3, 0.4) is 0 Å². The summed E-state index contributed by atoms with van der Waals surface area (Å²) in [5, 5.41) is 8.41. The summed E-state index contributed by atoms with van der Waals surface area (Å²) in [6.45, 7) is 6.15. The van der Waals surface area contributed by atoms with E-state index in [1.165, 1.54) is 4.80 Å². The SMILES string of the molecule is Cc1nn(-c2ccccc2)nc1C(=O)OCC(=O)N1C[C@H](C)O[C@@H](C)C1. The zero-order valence-electron chi connectivity index (χ0n) is 15.1. The summed E-state index contributed by atoms with van der Waals surface area (Å²) in [7, 11) is 0. The molecule has 2 aromatic rings. The standard InChI is InChI=1S/C18H22N4O4/c1-12-9-21(10-13(2)26-12)16(23)11-25-18(24)17-14(3)19-22(20-17)15-7-5-4-6-8-15/h4-8,12-13H,9-11H2,1-3H3/t12-,13-/m0/s1. The molecule has 1 aromatic heterocycles. The second kappa shape index (κ2) is 7.65. The van der Waals surface area contributed by atoms with Crippen LogP contribution in [0, 0.1) is 6.92 Å². The largest absolute Gasteiger partial charge is 0.451 e. The Morgan fingerprint density at radius 3 is 2.46 bits per heavy atom. The number of para-hydroxylation sites is 1. The van der Waals surface area contributed by atoms with Gasteiger partial charge in [-0.15, -0.1) is 5.10 Å². The molecule has 138 valence electrons. The Labute approximate surface area is 151 Å². The van der Waals surface area contributed by atoms with Crippen LogP contribution in [0.4, 0.5) is 0 Å². The molecule has 0 bridgehead atoms. The number of amides is 1. The fourth-order valence-corrected chi connectivity index (χ4v) is 2.91. The topological polar surface area (TPSA) is 86.6 Å². The van der Waals surface area contributed by atoms with E-state index in [4.69, 9.17) is 9.47 Å². The number of ether oxygens (including phenoxy) is 2. The van der Waals surface area contributed by atoms with Crippen LogP contribution in [-0.4, -0.2) is 63.7 Å². The second-order valence-electron chi connectivity index (χ2n) is 6.39. The Balaban J connectivity index is 1.62. The Morgan fingerprint density at radius 1 is 1.15 bits per heavy atom. The maximum atomic E-state index is 12.3. The number of esters is 1. The van der Waals surface area contributed by atoms with Crippen molar-refractivity contribution >= 4 is 11.9 Å². The Kier molecular flexibility index (Phi) is 5.32. The van der Waals surface area contributed by atoms with Crippen LogP contribution < -0.4 is 0 Å². The van der Waals surface area contributed by atoms with Crippen LogP contribution in [0.25, 0.3) is 5.69 Å². The van der Waals surface area contributed by atoms with Crippen molar-refractivity contribution in [2.45, 2.75) is 33.0 Å². The molecule has 26 heavy (non-hydrogen) atoms. The normalized spacial score (nSPS) is 20.0. The zero-order valence-corrected chi connectivity index (χ0v) is 15.1. The molecule has 0 saturated carbocycles. The molecule has 1 aliphatic rings. The van der Waals surface area contributed by atoms with Gasteiger partial charge in [0.15, 0.2) is 12.3 Å². The van der Waals surface area contributed by atoms with Crippen molar-refractivity contribution in [1.29, 1.82) is 0 Å². The van der Waals surface area contributed by atoms with E-state index in [0.29, 0.717) is 18.8 Å². The fourth-order valence-electron chi connectivity index (χ4n) is 2.91. The van der Waals surface area contributed by atoms with Crippen molar-refractivity contribution in [3.63, 3.8) is 0 Å². The Morgan fingerprint density at radius 2 is 1.81 bits per heavy atom. The molecule has 0 radical (unpaired) electrons. The molecular formula is C18H22N4O4. The molecule has 2 atom stereocenters. The van der Waals surface area contributed by atoms with Gasteiger partial charge in [-0.2, -0.15) is 9.90 Å². The van der Waals surface area contributed by atoms with E-state index in [2.05, 4.69) is 10.2 Å². The minimum Gasteiger partial charge on any atom is -0.451 e. The number of nitrogens with zero attached hydrogens (tertiary/aromatic N) is 4. The van der Waals surface area contributed by atoms with Crippen LogP contribution >= 0.6 is 0 Å². The van der Waals surface area contributed by atoms with E-state index in [0.717, 1.165) is 5.69 Å². The van der Waals surface area contributed by atoms with Crippen LogP contribution in [0.15, 0.2) is 30.3 Å². The van der Waals surface area contributed by atoms with Gasteiger partial charge in [0.05, 0.1) is 23.6 Å². The molecule has 8 heteroatoms. The van der Waals surface area contributed by atoms with Crippen molar-refractivity contribution in [3.05, 3.63) is 41.7 Å². The summed E-state index contributed by atoms with van der Waals surface area (Å²) in [6.07, 6.45) is -0.0714. The summed E-state index contributed by atoms with van der Waals surface area (Å²) in [5.74, 6) is -0.902. The first-order valence-electron chi connectivity index (χ1n) is 8.53. The molecule has 8 nitrogen and oxygen atoms in total. The van der Waals surface area contributed by atoms with Gasteiger partial charge in [0.25, 0.3) is 5.91 Å². The van der Waals surface area contributed by atoms with Crippen LogP contribution in [-0.2, 0) is 14.3 Å². The van der Waals surface area contributed by atoms with Crippen molar-refractivity contribution in [1.82, 2.24) is 19.9 Å². The molecule has 1 aromatic carbocycles. The number of rotatable bonds is 4. The van der Waals surface area contributed by atoms with E-state index in [-0.39, 0.29) is 30.4 Å². The first-order valence-corrected chi connectivity index (χ1v) is 8.53. The van der Waals surface area contributed by atoms with Gasteiger partial charge < -0.3 is 14.4 Å². The Hall–Kier alpha value is -2.74. The molecule has 1 amide bonds. The first-order chi connectivity index (χ1) is 12.4. The minimum atomic E-state index is -0.660. The number of morpholine rings is 1. The third-order valence-corrected chi connectivity index (χ3v) is 4.06. The molecule has 1 aliphatic heterocycles. The molecule has 0 unspecified atom stereocenters. The molecular weight excluding hydrogens is 336 g/mol. The van der Waals surface area contributed by atoms with Gasteiger partial charge in [-0.25, -0.2) is 4.79 Å². The predicted octanol–water partition coefficient (Wildman–Crippen LogP) is 1.37. The minimum absolute atomic E-state index is 0.0357. The fraction of sp³-hybridized carbons (Fsp3) is 0.444. The van der Waals surface area contributed by atoms with Crippen molar-refractivity contribution in [3.8, 4) is 5.69 Å². The lowest BCUT2D eigenvalue weighted by molar-refractivity contribution is -0.146. The highest BCUT2D eigenvalue weighted by Crippen LogP contribution is 2.12. The van der Waals surface area contributed by atoms with Crippen molar-refractivity contribution in [2.24, 2.45) is 0 Å². The van der Waals surface area contributed by atoms with Crippen molar-refractivity contribution in [2.75, 3.05) is 19.7 Å². The number of aryl methyl sites for hydroxylation is 1. The molecule has 3 rings (SSSR count). The van der Waals surface area contributed by atoms with Crippen LogP contribution in [0.1, 0.15) is 30.0 Å². The number of carbonyl (C=O) groups is 2. The maximum absolute atomic E-state index is 12.3. The first kappa shape index (κ1) is 18.1. The zero-order chi connectivity index (χ0) is 18.7. The quantitative estimate of drug-likeness (QED) is 0.767. The number of carbonyl (C=O) groups excluding carboxylic acids is 2. The van der Waals surface area contributed by atoms with E-state index in [1.54, 1.807) is 11.8 Å². The number of hydrogen-bond donors (Lipinski definition) is 0. The van der Waals surface area contributed by atoms with Gasteiger partial charge in [0, 0.05) is 13.1 Å². The molecule has 1 fully saturated rings. The van der Waals surface area contributed by atoms with E-state index < -0.39 is 5.97 Å². The van der Waals surface area contributed by atoms with Crippen LogP contribution in [0.5, 0.6) is 0 Å². The number of benzene rings is 1. The molecule has 1 saturated heterocycles. The van der Waals surface area contributed by atoms with Crippen molar-refractivity contribution < 1.29 is 19.1 Å². The van der Waals surface area contributed by atoms with Gasteiger partial charge in [0.1, 0.15) is 0 Å². The lowest BCUT2D eigenvalue weighted by atomic mass is 10.2. The van der Waals surface area contributed by atoms with Gasteiger partial charge in [0.2, 0.25) is 0 Å². The highest BCUT2D eigenvalue weighted by atomic mass is 16.5. The third-order valence-electron chi connectivity index (χ3n) is 4.06. The van der Waals surface area contributed by atoms with Crippen LogP contribution in [0.2, 0.25) is 0 Å². The molecule has 0 spiro atoms.